The van der Waals surface area contributed by atoms with Crippen LogP contribution in [0.5, 0.6) is 5.75 Å². The Balaban J connectivity index is 1.73. The van der Waals surface area contributed by atoms with Gasteiger partial charge in [0.25, 0.3) is 0 Å². The van der Waals surface area contributed by atoms with Gasteiger partial charge in [0.2, 0.25) is 11.8 Å². The Morgan fingerprint density at radius 3 is 2.54 bits per heavy atom. The van der Waals surface area contributed by atoms with E-state index in [2.05, 4.69) is 38.5 Å². The van der Waals surface area contributed by atoms with E-state index in [9.17, 15) is 9.59 Å². The van der Waals surface area contributed by atoms with Crippen molar-refractivity contribution >= 4 is 44.7 Å². The van der Waals surface area contributed by atoms with Crippen LogP contribution in [0.3, 0.4) is 0 Å². The summed E-state index contributed by atoms with van der Waals surface area (Å²) < 4.78 is 6.69. The lowest BCUT2D eigenvalue weighted by Gasteiger charge is -2.20. The number of nitrogens with zero attached hydrogens (tertiary/aromatic N) is 2. The number of carbonyl (C=O) groups excluding carboxylic acids is 2. The molecule has 0 saturated heterocycles. The topological polar surface area (TPSA) is 71.0 Å². The minimum absolute atomic E-state index is 0.200. The predicted molar refractivity (Wildman–Crippen MR) is 114 cm³/mol. The lowest BCUT2D eigenvalue weighted by atomic mass is 10.2. The number of ether oxygens (including phenoxy) is 1. The van der Waals surface area contributed by atoms with Gasteiger partial charge in [-0.25, -0.2) is 5.01 Å². The van der Waals surface area contributed by atoms with E-state index < -0.39 is 0 Å². The number of nitrogens with one attached hydrogen (secondary N) is 1. The fraction of sp³-hybridized carbons (Fsp3) is 0.250. The van der Waals surface area contributed by atoms with Gasteiger partial charge in [0, 0.05) is 13.8 Å². The molecule has 2 aromatic carbocycles. The number of aryl methyl sites for hydroxylation is 1. The lowest BCUT2D eigenvalue weighted by molar-refractivity contribution is -0.129. The first-order chi connectivity index (χ1) is 13.3. The smallest absolute Gasteiger partial charge is 0.241 e. The minimum atomic E-state index is -0.346. The molecular formula is C20H20BrN3O3S. The van der Waals surface area contributed by atoms with Crippen LogP contribution in [0.25, 0.3) is 0 Å². The maximum atomic E-state index is 12.0. The summed E-state index contributed by atoms with van der Waals surface area (Å²) in [6.07, 6.45) is 0. The van der Waals surface area contributed by atoms with Gasteiger partial charge in [-0.15, -0.1) is 5.10 Å². The highest BCUT2D eigenvalue weighted by atomic mass is 79.9. The van der Waals surface area contributed by atoms with E-state index >= 15 is 0 Å². The summed E-state index contributed by atoms with van der Waals surface area (Å²) in [5, 5.41) is 8.27. The van der Waals surface area contributed by atoms with E-state index in [0.29, 0.717) is 17.5 Å². The van der Waals surface area contributed by atoms with E-state index in [1.54, 1.807) is 0 Å². The second-order valence-corrected chi connectivity index (χ2v) is 8.31. The molecule has 1 atom stereocenters. The molecular weight excluding hydrogens is 442 g/mol. The van der Waals surface area contributed by atoms with Crippen LogP contribution in [0.2, 0.25) is 0 Å². The van der Waals surface area contributed by atoms with Crippen LogP contribution in [0.15, 0.2) is 52.0 Å². The van der Waals surface area contributed by atoms with Crippen LogP contribution < -0.4 is 10.1 Å². The van der Waals surface area contributed by atoms with Crippen molar-refractivity contribution < 1.29 is 14.3 Å². The third-order valence-corrected chi connectivity index (χ3v) is 5.73. The Bertz CT molecular complexity index is 931. The zero-order valence-electron chi connectivity index (χ0n) is 15.7. The van der Waals surface area contributed by atoms with Gasteiger partial charge < -0.3 is 10.1 Å². The SMILES string of the molecule is CC(=O)NC1=NN(C(C)=O)[C@H](c2ccc(OCc3ccc(C)cc3)c(Br)c2)S1. The fourth-order valence-electron chi connectivity index (χ4n) is 2.61. The number of amidine groups is 1. The van der Waals surface area contributed by atoms with Gasteiger partial charge in [-0.3, -0.25) is 9.59 Å². The van der Waals surface area contributed by atoms with Crippen molar-refractivity contribution in [1.82, 2.24) is 10.3 Å². The highest BCUT2D eigenvalue weighted by molar-refractivity contribution is 9.10. The third-order valence-electron chi connectivity index (χ3n) is 4.01. The monoisotopic (exact) mass is 461 g/mol. The number of hydrogen-bond acceptors (Lipinski definition) is 5. The summed E-state index contributed by atoms with van der Waals surface area (Å²) in [6, 6.07) is 13.9. The number of carbonyl (C=O) groups is 2. The molecule has 1 aliphatic heterocycles. The van der Waals surface area contributed by atoms with Gasteiger partial charge in [-0.05, 0) is 46.1 Å². The van der Waals surface area contributed by atoms with Crippen molar-refractivity contribution in [2.75, 3.05) is 0 Å². The van der Waals surface area contributed by atoms with Gasteiger partial charge in [-0.1, -0.05) is 47.7 Å². The van der Waals surface area contributed by atoms with Crippen molar-refractivity contribution in [3.05, 3.63) is 63.6 Å². The van der Waals surface area contributed by atoms with Crippen LogP contribution in [-0.4, -0.2) is 22.0 Å². The predicted octanol–water partition coefficient (Wildman–Crippen LogP) is 4.34. The minimum Gasteiger partial charge on any atom is -0.488 e. The molecule has 6 nitrogen and oxygen atoms in total. The van der Waals surface area contributed by atoms with Gasteiger partial charge in [0.15, 0.2) is 5.17 Å². The Morgan fingerprint density at radius 2 is 1.93 bits per heavy atom. The van der Waals surface area contributed by atoms with E-state index in [1.807, 2.05) is 37.3 Å². The second kappa shape index (κ2) is 8.79. The lowest BCUT2D eigenvalue weighted by Crippen LogP contribution is -2.25. The Morgan fingerprint density at radius 1 is 1.21 bits per heavy atom. The van der Waals surface area contributed by atoms with Gasteiger partial charge in [0.05, 0.1) is 4.47 Å². The molecule has 2 amide bonds. The summed E-state index contributed by atoms with van der Waals surface area (Å²) in [4.78, 5) is 23.2. The largest absolute Gasteiger partial charge is 0.488 e. The molecule has 146 valence electrons. The first-order valence-corrected chi connectivity index (χ1v) is 10.3. The molecule has 0 saturated carbocycles. The molecule has 1 aliphatic rings. The molecule has 3 rings (SSSR count). The third kappa shape index (κ3) is 4.94. The van der Waals surface area contributed by atoms with Crippen LogP contribution in [0.4, 0.5) is 0 Å². The van der Waals surface area contributed by atoms with Crippen molar-refractivity contribution in [3.8, 4) is 5.75 Å². The number of rotatable bonds is 4. The molecule has 1 N–H and O–H groups in total. The second-order valence-electron chi connectivity index (χ2n) is 6.38. The summed E-state index contributed by atoms with van der Waals surface area (Å²) in [6.45, 7) is 5.37. The quantitative estimate of drug-likeness (QED) is 0.734. The van der Waals surface area contributed by atoms with Crippen LogP contribution in [-0.2, 0) is 16.2 Å². The van der Waals surface area contributed by atoms with Crippen molar-refractivity contribution in [2.24, 2.45) is 5.10 Å². The molecule has 0 aromatic heterocycles. The molecule has 28 heavy (non-hydrogen) atoms. The zero-order chi connectivity index (χ0) is 20.3. The Labute approximate surface area is 176 Å². The zero-order valence-corrected chi connectivity index (χ0v) is 18.1. The highest BCUT2D eigenvalue weighted by Gasteiger charge is 2.32. The van der Waals surface area contributed by atoms with Crippen molar-refractivity contribution in [2.45, 2.75) is 32.8 Å². The van der Waals surface area contributed by atoms with Crippen LogP contribution in [0, 0.1) is 6.92 Å². The average molecular weight is 462 g/mol. The summed E-state index contributed by atoms with van der Waals surface area (Å²) in [5.41, 5.74) is 3.17. The van der Waals surface area contributed by atoms with Crippen molar-refractivity contribution in [3.63, 3.8) is 0 Å². The Kier molecular flexibility index (Phi) is 6.41. The molecule has 0 bridgehead atoms. The average Bonchev–Trinajstić information content (AvgIpc) is 3.05. The number of hydrazone groups is 1. The Hall–Kier alpha value is -2.32. The van der Waals surface area contributed by atoms with Crippen molar-refractivity contribution in [1.29, 1.82) is 0 Å². The molecule has 8 heteroatoms. The first kappa shape index (κ1) is 20.4. The highest BCUT2D eigenvalue weighted by Crippen LogP contribution is 2.41. The number of hydrogen-bond donors (Lipinski definition) is 1. The number of thioether (sulfide) groups is 1. The molecule has 0 radical (unpaired) electrons. The fourth-order valence-corrected chi connectivity index (χ4v) is 4.25. The molecule has 0 spiro atoms. The number of amides is 2. The molecule has 0 fully saturated rings. The normalized spacial score (nSPS) is 15.9. The molecule has 1 heterocycles. The summed E-state index contributed by atoms with van der Waals surface area (Å²) >= 11 is 4.86. The van der Waals surface area contributed by atoms with Gasteiger partial charge in [-0.2, -0.15) is 0 Å². The van der Waals surface area contributed by atoms with E-state index in [1.165, 1.54) is 36.2 Å². The molecule has 2 aromatic rings. The standard InChI is InChI=1S/C20H20BrN3O3S/c1-12-4-6-15(7-5-12)11-27-18-9-8-16(10-17(18)21)19-24(14(3)26)23-20(28-19)22-13(2)25/h4-10,19H,11H2,1-3H3,(H,22,23,25)/t19-/m0/s1. The maximum Gasteiger partial charge on any atom is 0.241 e. The summed E-state index contributed by atoms with van der Waals surface area (Å²) in [7, 11) is 0. The first-order valence-electron chi connectivity index (χ1n) is 8.64. The van der Waals surface area contributed by atoms with Gasteiger partial charge >= 0.3 is 0 Å². The summed E-state index contributed by atoms with van der Waals surface area (Å²) in [5.74, 6) is 0.287. The van der Waals surface area contributed by atoms with E-state index in [4.69, 9.17) is 4.74 Å². The number of halogens is 1. The van der Waals surface area contributed by atoms with Gasteiger partial charge in [0.1, 0.15) is 17.7 Å². The maximum absolute atomic E-state index is 12.0. The van der Waals surface area contributed by atoms with Crippen LogP contribution in [0.1, 0.15) is 35.9 Å². The molecule has 0 aliphatic carbocycles. The van der Waals surface area contributed by atoms with E-state index in [0.717, 1.165) is 15.6 Å². The van der Waals surface area contributed by atoms with E-state index in [-0.39, 0.29) is 17.2 Å². The molecule has 0 unspecified atom stereocenters. The van der Waals surface area contributed by atoms with Crippen LogP contribution >= 0.6 is 27.7 Å². The number of benzene rings is 2.